The molecule has 0 radical (unpaired) electrons. The van der Waals surface area contributed by atoms with E-state index in [1.807, 2.05) is 18.2 Å². The molecular formula is C21H30O4S. The molecule has 0 bridgehead atoms. The number of ether oxygens (including phenoxy) is 2. The first-order chi connectivity index (χ1) is 12.5. The van der Waals surface area contributed by atoms with Gasteiger partial charge in [0.05, 0.1) is 16.8 Å². The largest absolute Gasteiger partial charge is 0.356 e. The van der Waals surface area contributed by atoms with Crippen molar-refractivity contribution >= 4 is 9.84 Å². The standard InChI is InChI=1S/C21H30O4S/c1-14-20-18(21(24-2)25-14)12-15-8-6-7-11-17(15)19(20)13-26(22,23)16-9-4-3-5-10-16/h3-5,9-10,14-15,17-21H,6-8,11-13H2,1-2H3/t14-,15+,17?,18-,19?,20-,21-/m1/s1. The number of methoxy groups -OCH3 is 1. The topological polar surface area (TPSA) is 52.6 Å². The highest BCUT2D eigenvalue weighted by Gasteiger charge is 2.55. The summed E-state index contributed by atoms with van der Waals surface area (Å²) in [6.45, 7) is 2.10. The number of hydrogen-bond acceptors (Lipinski definition) is 4. The molecule has 2 unspecified atom stereocenters. The molecular weight excluding hydrogens is 348 g/mol. The third-order valence-electron chi connectivity index (χ3n) is 7.07. The van der Waals surface area contributed by atoms with Gasteiger partial charge in [-0.2, -0.15) is 0 Å². The Labute approximate surface area is 157 Å². The van der Waals surface area contributed by atoms with Crippen molar-refractivity contribution in [2.75, 3.05) is 12.9 Å². The van der Waals surface area contributed by atoms with E-state index in [4.69, 9.17) is 9.47 Å². The molecule has 4 nitrogen and oxygen atoms in total. The van der Waals surface area contributed by atoms with Gasteiger partial charge in [0, 0.05) is 13.0 Å². The van der Waals surface area contributed by atoms with Crippen molar-refractivity contribution in [1.82, 2.24) is 0 Å². The van der Waals surface area contributed by atoms with E-state index in [0.717, 1.165) is 12.8 Å². The van der Waals surface area contributed by atoms with Gasteiger partial charge >= 0.3 is 0 Å². The Bertz CT molecular complexity index is 717. The lowest BCUT2D eigenvalue weighted by Gasteiger charge is -2.48. The highest BCUT2D eigenvalue weighted by molar-refractivity contribution is 7.91. The summed E-state index contributed by atoms with van der Waals surface area (Å²) in [5.41, 5.74) is 0. The van der Waals surface area contributed by atoms with E-state index >= 15 is 0 Å². The van der Waals surface area contributed by atoms with Gasteiger partial charge in [0.25, 0.3) is 0 Å². The van der Waals surface area contributed by atoms with Crippen LogP contribution in [0.15, 0.2) is 35.2 Å². The van der Waals surface area contributed by atoms with Gasteiger partial charge in [-0.05, 0) is 55.6 Å². The first-order valence-electron chi connectivity index (χ1n) is 9.97. The first kappa shape index (κ1) is 18.5. The molecule has 2 saturated carbocycles. The van der Waals surface area contributed by atoms with Gasteiger partial charge in [-0.3, -0.25) is 0 Å². The summed E-state index contributed by atoms with van der Waals surface area (Å²) in [4.78, 5) is 0.448. The van der Waals surface area contributed by atoms with Crippen LogP contribution in [0.4, 0.5) is 0 Å². The number of benzene rings is 1. The highest BCUT2D eigenvalue weighted by Crippen LogP contribution is 2.55. The average Bonchev–Trinajstić information content (AvgIpc) is 2.98. The van der Waals surface area contributed by atoms with Crippen LogP contribution < -0.4 is 0 Å². The zero-order valence-electron chi connectivity index (χ0n) is 15.7. The molecule has 1 aliphatic heterocycles. The Hall–Kier alpha value is -0.910. The number of rotatable bonds is 4. The first-order valence-corrected chi connectivity index (χ1v) is 11.6. The smallest absolute Gasteiger partial charge is 0.178 e. The Balaban J connectivity index is 1.66. The highest BCUT2D eigenvalue weighted by atomic mass is 32.2. The fraction of sp³-hybridized carbons (Fsp3) is 0.714. The van der Waals surface area contributed by atoms with Crippen molar-refractivity contribution < 1.29 is 17.9 Å². The van der Waals surface area contributed by atoms with E-state index < -0.39 is 9.84 Å². The minimum Gasteiger partial charge on any atom is -0.356 e. The van der Waals surface area contributed by atoms with Crippen LogP contribution in [0, 0.1) is 29.6 Å². The minimum atomic E-state index is -3.29. The molecule has 1 saturated heterocycles. The average molecular weight is 379 g/mol. The predicted octanol–water partition coefficient (Wildman–Crippen LogP) is 3.91. The van der Waals surface area contributed by atoms with Crippen molar-refractivity contribution in [3.05, 3.63) is 30.3 Å². The summed E-state index contributed by atoms with van der Waals surface area (Å²) in [5, 5.41) is 0. The lowest BCUT2D eigenvalue weighted by Crippen LogP contribution is -2.46. The van der Waals surface area contributed by atoms with Crippen LogP contribution >= 0.6 is 0 Å². The summed E-state index contributed by atoms with van der Waals surface area (Å²) in [5.74, 6) is 2.13. The summed E-state index contributed by atoms with van der Waals surface area (Å²) in [6.07, 6.45) is 5.88. The molecule has 0 spiro atoms. The summed E-state index contributed by atoms with van der Waals surface area (Å²) in [6, 6.07) is 8.93. The molecule has 3 fully saturated rings. The lowest BCUT2D eigenvalue weighted by molar-refractivity contribution is -0.132. The van der Waals surface area contributed by atoms with Gasteiger partial charge in [0.15, 0.2) is 16.1 Å². The van der Waals surface area contributed by atoms with Crippen LogP contribution in [0.1, 0.15) is 39.0 Å². The zero-order valence-corrected chi connectivity index (χ0v) is 16.5. The molecule has 3 aliphatic rings. The summed E-state index contributed by atoms with van der Waals surface area (Å²) in [7, 11) is -1.58. The van der Waals surface area contributed by atoms with Crippen LogP contribution in [-0.4, -0.2) is 33.7 Å². The molecule has 0 amide bonds. The van der Waals surface area contributed by atoms with Gasteiger partial charge < -0.3 is 9.47 Å². The number of hydrogen-bond donors (Lipinski definition) is 0. The molecule has 0 aromatic heterocycles. The van der Waals surface area contributed by atoms with Crippen molar-refractivity contribution in [3.63, 3.8) is 0 Å². The quantitative estimate of drug-likeness (QED) is 0.797. The maximum absolute atomic E-state index is 13.1. The maximum Gasteiger partial charge on any atom is 0.178 e. The molecule has 7 atom stereocenters. The fourth-order valence-electron chi connectivity index (χ4n) is 6.04. The second kappa shape index (κ2) is 7.25. The molecule has 5 heteroatoms. The van der Waals surface area contributed by atoms with E-state index in [2.05, 4.69) is 6.92 Å². The van der Waals surface area contributed by atoms with Crippen LogP contribution in [0.5, 0.6) is 0 Å². The van der Waals surface area contributed by atoms with E-state index in [1.54, 1.807) is 19.2 Å². The van der Waals surface area contributed by atoms with E-state index in [1.165, 1.54) is 19.3 Å². The predicted molar refractivity (Wildman–Crippen MR) is 100 cm³/mol. The Morgan fingerprint density at radius 3 is 2.58 bits per heavy atom. The van der Waals surface area contributed by atoms with E-state index in [9.17, 15) is 8.42 Å². The SMILES string of the molecule is CO[C@@H]1O[C@H](C)[C@H]2C(CS(=O)(=O)c3ccccc3)C3CCCC[C@H]3C[C@@H]12. The Morgan fingerprint density at radius 2 is 1.85 bits per heavy atom. The second-order valence-corrected chi connectivity index (χ2v) is 10.4. The Morgan fingerprint density at radius 1 is 1.12 bits per heavy atom. The van der Waals surface area contributed by atoms with Crippen molar-refractivity contribution in [1.29, 1.82) is 0 Å². The normalized spacial score (nSPS) is 40.0. The molecule has 26 heavy (non-hydrogen) atoms. The second-order valence-electron chi connectivity index (χ2n) is 8.39. The van der Waals surface area contributed by atoms with Gasteiger partial charge in [0.1, 0.15) is 0 Å². The van der Waals surface area contributed by atoms with Crippen LogP contribution in [-0.2, 0) is 19.3 Å². The lowest BCUT2D eigenvalue weighted by atomic mass is 9.58. The molecule has 4 rings (SSSR count). The van der Waals surface area contributed by atoms with Gasteiger partial charge in [-0.25, -0.2) is 8.42 Å². The minimum absolute atomic E-state index is 0.0591. The molecule has 0 N–H and O–H groups in total. The monoisotopic (exact) mass is 378 g/mol. The molecule has 1 aromatic carbocycles. The third-order valence-corrected chi connectivity index (χ3v) is 8.88. The van der Waals surface area contributed by atoms with Crippen molar-refractivity contribution in [2.24, 2.45) is 29.6 Å². The molecule has 144 valence electrons. The third kappa shape index (κ3) is 3.23. The number of sulfone groups is 1. The fourth-order valence-corrected chi connectivity index (χ4v) is 7.78. The van der Waals surface area contributed by atoms with Crippen molar-refractivity contribution in [3.8, 4) is 0 Å². The van der Waals surface area contributed by atoms with Crippen molar-refractivity contribution in [2.45, 2.75) is 56.3 Å². The van der Waals surface area contributed by atoms with Crippen LogP contribution in [0.25, 0.3) is 0 Å². The van der Waals surface area contributed by atoms with Gasteiger partial charge in [-0.1, -0.05) is 37.5 Å². The van der Waals surface area contributed by atoms with Gasteiger partial charge in [0.2, 0.25) is 0 Å². The Kier molecular flexibility index (Phi) is 5.15. The summed E-state index contributed by atoms with van der Waals surface area (Å²) >= 11 is 0. The van der Waals surface area contributed by atoms with Gasteiger partial charge in [-0.15, -0.1) is 0 Å². The summed E-state index contributed by atoms with van der Waals surface area (Å²) < 4.78 is 38.0. The van der Waals surface area contributed by atoms with E-state index in [-0.39, 0.29) is 30.0 Å². The number of fused-ring (bicyclic) bond motifs is 2. The zero-order chi connectivity index (χ0) is 18.3. The van der Waals surface area contributed by atoms with Crippen LogP contribution in [0.3, 0.4) is 0 Å². The maximum atomic E-state index is 13.1. The van der Waals surface area contributed by atoms with Crippen LogP contribution in [0.2, 0.25) is 0 Å². The van der Waals surface area contributed by atoms with E-state index in [0.29, 0.717) is 22.6 Å². The molecule has 1 heterocycles. The molecule has 2 aliphatic carbocycles. The molecule has 1 aromatic rings.